The largest absolute Gasteiger partial charge is 0.347 e. The quantitative estimate of drug-likeness (QED) is 0.685. The number of Topliss-reactive ketones (excluding diaryl/α,β-unsaturated/α-hetero) is 2. The number of aryl methyl sites for hydroxylation is 3. The van der Waals surface area contributed by atoms with E-state index in [9.17, 15) is 19.6 Å². The number of carbonyl (C=O) groups excluding carboxylic acids is 2. The van der Waals surface area contributed by atoms with Crippen LogP contribution in [0.1, 0.15) is 62.8 Å². The number of nitrogens with one attached hydrogen (secondary N) is 1. The molecule has 0 radical (unpaired) electrons. The average molecular weight is 394 g/mol. The molecule has 1 N–H and O–H groups in total. The molecule has 4 rings (SSSR count). The highest BCUT2D eigenvalue weighted by Crippen LogP contribution is 2.34. The van der Waals surface area contributed by atoms with Crippen molar-refractivity contribution in [3.63, 3.8) is 0 Å². The highest BCUT2D eigenvalue weighted by atomic mass is 32.1. The molecular weight excluding hydrogens is 376 g/mol. The molecule has 142 valence electrons. The summed E-state index contributed by atoms with van der Waals surface area (Å²) in [5.41, 5.74) is 1.37. The fraction of sp³-hybridized carbons (Fsp3) is 0.350. The zero-order valence-corrected chi connectivity index (χ0v) is 16.4. The zero-order valence-electron chi connectivity index (χ0n) is 15.5. The molecule has 0 aromatic carbocycles. The lowest BCUT2D eigenvalue weighted by atomic mass is 9.97. The predicted molar refractivity (Wildman–Crippen MR) is 105 cm³/mol. The molecule has 0 spiro atoms. The van der Waals surface area contributed by atoms with E-state index < -0.39 is 11.7 Å². The average Bonchev–Trinajstić information content (AvgIpc) is 3.23. The maximum atomic E-state index is 13.0. The third-order valence-corrected chi connectivity index (χ3v) is 6.36. The monoisotopic (exact) mass is 394 g/mol. The van der Waals surface area contributed by atoms with Crippen LogP contribution in [0.3, 0.4) is 0 Å². The van der Waals surface area contributed by atoms with Gasteiger partial charge >= 0.3 is 0 Å². The number of aromatic amines is 1. The summed E-state index contributed by atoms with van der Waals surface area (Å²) < 4.78 is 1.52. The summed E-state index contributed by atoms with van der Waals surface area (Å²) in [6.07, 6.45) is 5.48. The highest BCUT2D eigenvalue weighted by Gasteiger charge is 2.29. The Balaban J connectivity index is 1.79. The maximum absolute atomic E-state index is 13.0. The second-order valence-electron chi connectivity index (χ2n) is 7.05. The molecule has 3 aromatic rings. The molecule has 0 bridgehead atoms. The Morgan fingerprint density at radius 3 is 2.79 bits per heavy atom. The van der Waals surface area contributed by atoms with Gasteiger partial charge in [-0.2, -0.15) is 5.26 Å². The first kappa shape index (κ1) is 18.3. The van der Waals surface area contributed by atoms with Crippen molar-refractivity contribution in [3.8, 4) is 6.07 Å². The lowest BCUT2D eigenvalue weighted by Gasteiger charge is -2.10. The number of nitrogens with zero attached hydrogens (tertiary/aromatic N) is 3. The molecule has 1 aliphatic carbocycles. The molecule has 7 nitrogen and oxygen atoms in total. The smallest absolute Gasteiger partial charge is 0.259 e. The van der Waals surface area contributed by atoms with Gasteiger partial charge in [0.2, 0.25) is 5.78 Å². The number of thiophene rings is 1. The number of carbonyl (C=O) groups is 2. The molecule has 3 heterocycles. The SMILES string of the molecule is CC(=O)c1cc(C(=O)C(C#N)c2nc3sc4c(c3c(=O)[nH]2)CCCC4)n(C)c1. The molecule has 0 aliphatic heterocycles. The van der Waals surface area contributed by atoms with Crippen LogP contribution in [0.4, 0.5) is 0 Å². The van der Waals surface area contributed by atoms with Crippen molar-refractivity contribution in [3.05, 3.63) is 50.1 Å². The normalized spacial score (nSPS) is 14.5. The Labute approximate surface area is 164 Å². The Morgan fingerprint density at radius 2 is 2.11 bits per heavy atom. The molecule has 1 aliphatic rings. The molecule has 0 saturated heterocycles. The first-order chi connectivity index (χ1) is 13.4. The van der Waals surface area contributed by atoms with E-state index >= 15 is 0 Å². The second-order valence-corrected chi connectivity index (χ2v) is 8.13. The molecule has 28 heavy (non-hydrogen) atoms. The molecule has 1 atom stereocenters. The summed E-state index contributed by atoms with van der Waals surface area (Å²) in [6.45, 7) is 1.41. The predicted octanol–water partition coefficient (Wildman–Crippen LogP) is 2.89. The topological polar surface area (TPSA) is 109 Å². The number of rotatable bonds is 4. The summed E-state index contributed by atoms with van der Waals surface area (Å²) in [6, 6.07) is 3.43. The van der Waals surface area contributed by atoms with E-state index in [1.165, 1.54) is 33.8 Å². The number of ketones is 2. The Morgan fingerprint density at radius 1 is 1.36 bits per heavy atom. The van der Waals surface area contributed by atoms with Crippen LogP contribution in [-0.2, 0) is 19.9 Å². The van der Waals surface area contributed by atoms with E-state index in [2.05, 4.69) is 9.97 Å². The number of aromatic nitrogens is 3. The molecule has 0 amide bonds. The number of hydrogen-bond acceptors (Lipinski definition) is 6. The summed E-state index contributed by atoms with van der Waals surface area (Å²) in [5.74, 6) is -1.86. The van der Waals surface area contributed by atoms with Crippen molar-refractivity contribution in [2.45, 2.75) is 38.5 Å². The Kier molecular flexibility index (Phi) is 4.47. The molecule has 0 fully saturated rings. The van der Waals surface area contributed by atoms with Crippen molar-refractivity contribution < 1.29 is 9.59 Å². The minimum absolute atomic E-state index is 0.0502. The third kappa shape index (κ3) is 2.88. The fourth-order valence-corrected chi connectivity index (χ4v) is 4.98. The van der Waals surface area contributed by atoms with Crippen LogP contribution in [0.5, 0.6) is 0 Å². The van der Waals surface area contributed by atoms with Crippen LogP contribution >= 0.6 is 11.3 Å². The highest BCUT2D eigenvalue weighted by molar-refractivity contribution is 7.18. The molecule has 1 unspecified atom stereocenters. The third-order valence-electron chi connectivity index (χ3n) is 5.17. The van der Waals surface area contributed by atoms with E-state index in [1.54, 1.807) is 13.2 Å². The first-order valence-corrected chi connectivity index (χ1v) is 9.88. The number of fused-ring (bicyclic) bond motifs is 3. The van der Waals surface area contributed by atoms with Gasteiger partial charge in [0.1, 0.15) is 10.7 Å². The minimum Gasteiger partial charge on any atom is -0.347 e. The van der Waals surface area contributed by atoms with Crippen molar-refractivity contribution in [2.24, 2.45) is 7.05 Å². The number of H-pyrrole nitrogens is 1. The zero-order chi connectivity index (χ0) is 20.0. The summed E-state index contributed by atoms with van der Waals surface area (Å²) in [5, 5.41) is 10.2. The van der Waals surface area contributed by atoms with E-state index in [1.807, 2.05) is 6.07 Å². The van der Waals surface area contributed by atoms with Crippen molar-refractivity contribution in [1.29, 1.82) is 5.26 Å². The van der Waals surface area contributed by atoms with Gasteiger partial charge < -0.3 is 9.55 Å². The second kappa shape index (κ2) is 6.84. The fourth-order valence-electron chi connectivity index (χ4n) is 3.71. The summed E-state index contributed by atoms with van der Waals surface area (Å²) in [7, 11) is 1.64. The van der Waals surface area contributed by atoms with Gasteiger partial charge in [0.05, 0.1) is 17.1 Å². The van der Waals surface area contributed by atoms with Crippen molar-refractivity contribution in [2.75, 3.05) is 0 Å². The molecular formula is C20H18N4O3S. The van der Waals surface area contributed by atoms with Crippen LogP contribution in [0.2, 0.25) is 0 Å². The Hall–Kier alpha value is -3.05. The number of nitriles is 1. The van der Waals surface area contributed by atoms with Gasteiger partial charge in [0.15, 0.2) is 11.7 Å². The van der Waals surface area contributed by atoms with E-state index in [0.717, 1.165) is 31.2 Å². The van der Waals surface area contributed by atoms with E-state index in [4.69, 9.17) is 0 Å². The molecule has 8 heteroatoms. The van der Waals surface area contributed by atoms with Gasteiger partial charge in [-0.1, -0.05) is 0 Å². The lowest BCUT2D eigenvalue weighted by molar-refractivity contribution is 0.0968. The lowest BCUT2D eigenvalue weighted by Crippen LogP contribution is -2.21. The summed E-state index contributed by atoms with van der Waals surface area (Å²) >= 11 is 1.47. The van der Waals surface area contributed by atoms with Gasteiger partial charge in [-0.15, -0.1) is 11.3 Å². The van der Waals surface area contributed by atoms with Crippen LogP contribution < -0.4 is 5.56 Å². The maximum Gasteiger partial charge on any atom is 0.259 e. The van der Waals surface area contributed by atoms with Gasteiger partial charge in [-0.3, -0.25) is 14.4 Å². The van der Waals surface area contributed by atoms with Gasteiger partial charge in [-0.05, 0) is 44.2 Å². The van der Waals surface area contributed by atoms with Crippen LogP contribution in [0, 0.1) is 11.3 Å². The number of hydrogen-bond donors (Lipinski definition) is 1. The van der Waals surface area contributed by atoms with Gasteiger partial charge in [-0.25, -0.2) is 4.98 Å². The first-order valence-electron chi connectivity index (χ1n) is 9.06. The minimum atomic E-state index is -1.25. The molecule has 3 aromatic heterocycles. The summed E-state index contributed by atoms with van der Waals surface area (Å²) in [4.78, 5) is 46.1. The van der Waals surface area contributed by atoms with Crippen LogP contribution in [0.25, 0.3) is 10.2 Å². The molecule has 0 saturated carbocycles. The van der Waals surface area contributed by atoms with Crippen LogP contribution in [-0.4, -0.2) is 26.1 Å². The van der Waals surface area contributed by atoms with Gasteiger partial charge in [0, 0.05) is 23.7 Å². The van der Waals surface area contributed by atoms with Crippen molar-refractivity contribution >= 4 is 33.1 Å². The van der Waals surface area contributed by atoms with Crippen LogP contribution in [0.15, 0.2) is 17.1 Å². The van der Waals surface area contributed by atoms with Crippen molar-refractivity contribution in [1.82, 2.24) is 14.5 Å². The van der Waals surface area contributed by atoms with E-state index in [-0.39, 0.29) is 22.9 Å². The van der Waals surface area contributed by atoms with Gasteiger partial charge in [0.25, 0.3) is 5.56 Å². The Bertz CT molecular complexity index is 1220. The van der Waals surface area contributed by atoms with E-state index in [0.29, 0.717) is 15.8 Å². The standard InChI is InChI=1S/C20H18N4O3S/c1-10(25)11-7-14(24(2)9-11)17(26)13(8-21)18-22-19(27)16-12-5-3-4-6-15(12)28-20(16)23-18/h7,9,13H,3-6H2,1-2H3,(H,22,23,27).